The van der Waals surface area contributed by atoms with E-state index in [1.54, 1.807) is 0 Å². The van der Waals surface area contributed by atoms with E-state index in [-0.39, 0.29) is 32.6 Å². The lowest BCUT2D eigenvalue weighted by Crippen LogP contribution is -2.29. The maximum atomic E-state index is 12.7. The lowest BCUT2D eigenvalue weighted by atomic mass is 10.0. The summed E-state index contributed by atoms with van der Waals surface area (Å²) >= 11 is 0. The fourth-order valence-electron chi connectivity index (χ4n) is 7.62. The Morgan fingerprint density at radius 2 is 0.797 bits per heavy atom. The van der Waals surface area contributed by atoms with Gasteiger partial charge in [-0.3, -0.25) is 18.6 Å². The normalized spacial score (nSPS) is 13.7. The first-order valence-corrected chi connectivity index (χ1v) is 29.6. The van der Waals surface area contributed by atoms with Gasteiger partial charge >= 0.3 is 19.8 Å². The first-order chi connectivity index (χ1) is 33.8. The number of ether oxygens (including phenoxy) is 2. The lowest BCUT2D eigenvalue weighted by molar-refractivity contribution is -0.161. The largest absolute Gasteiger partial charge is 0.472 e. The second-order valence-electron chi connectivity index (χ2n) is 18.4. The topological polar surface area (TPSA) is 134 Å². The van der Waals surface area contributed by atoms with Crippen molar-refractivity contribution < 1.29 is 37.6 Å². The van der Waals surface area contributed by atoms with E-state index in [2.05, 4.69) is 98.9 Å². The van der Waals surface area contributed by atoms with Crippen molar-refractivity contribution in [2.24, 2.45) is 5.73 Å². The third kappa shape index (κ3) is 54.4. The Kier molecular flexibility index (Phi) is 52.3. The van der Waals surface area contributed by atoms with Gasteiger partial charge < -0.3 is 20.1 Å². The van der Waals surface area contributed by atoms with Crippen molar-refractivity contribution in [2.75, 3.05) is 26.4 Å². The highest BCUT2D eigenvalue weighted by Gasteiger charge is 2.26. The molecule has 0 aliphatic carbocycles. The Hall–Kier alpha value is -2.81. The van der Waals surface area contributed by atoms with E-state index in [1.807, 2.05) is 0 Å². The van der Waals surface area contributed by atoms with Gasteiger partial charge in [-0.05, 0) is 83.5 Å². The van der Waals surface area contributed by atoms with Crippen LogP contribution in [0, 0.1) is 0 Å². The van der Waals surface area contributed by atoms with E-state index in [1.165, 1.54) is 109 Å². The van der Waals surface area contributed by atoms with E-state index >= 15 is 0 Å². The van der Waals surface area contributed by atoms with Gasteiger partial charge in [-0.25, -0.2) is 4.57 Å². The Bertz CT molecular complexity index is 1400. The molecule has 2 atom stereocenters. The van der Waals surface area contributed by atoms with Gasteiger partial charge in [0.05, 0.1) is 13.2 Å². The minimum Gasteiger partial charge on any atom is -0.462 e. The molecule has 0 rings (SSSR count). The third-order valence-corrected chi connectivity index (χ3v) is 12.7. The highest BCUT2D eigenvalue weighted by molar-refractivity contribution is 7.47. The van der Waals surface area contributed by atoms with Gasteiger partial charge in [-0.15, -0.1) is 0 Å². The average Bonchev–Trinajstić information content (AvgIpc) is 3.34. The van der Waals surface area contributed by atoms with Gasteiger partial charge in [0.15, 0.2) is 6.10 Å². The predicted molar refractivity (Wildman–Crippen MR) is 293 cm³/mol. The second-order valence-corrected chi connectivity index (χ2v) is 19.9. The number of rotatable bonds is 52. The van der Waals surface area contributed by atoms with Crippen molar-refractivity contribution in [1.29, 1.82) is 0 Å². The van der Waals surface area contributed by atoms with E-state index in [4.69, 9.17) is 24.3 Å². The maximum Gasteiger partial charge on any atom is 0.472 e. The fraction of sp³-hybridized carbons (Fsp3) is 0.729. The number of phosphoric ester groups is 1. The Morgan fingerprint density at radius 3 is 1.20 bits per heavy atom. The molecule has 0 bridgehead atoms. The van der Waals surface area contributed by atoms with Crippen molar-refractivity contribution in [3.63, 3.8) is 0 Å². The molecule has 0 aromatic rings. The second kappa shape index (κ2) is 54.5. The highest BCUT2D eigenvalue weighted by atomic mass is 31.2. The van der Waals surface area contributed by atoms with Gasteiger partial charge in [0.2, 0.25) is 0 Å². The van der Waals surface area contributed by atoms with Crippen LogP contribution in [0.5, 0.6) is 0 Å². The lowest BCUT2D eigenvalue weighted by Gasteiger charge is -2.19. The van der Waals surface area contributed by atoms with Crippen LogP contribution in [0.2, 0.25) is 0 Å². The van der Waals surface area contributed by atoms with Gasteiger partial charge in [0.25, 0.3) is 0 Å². The van der Waals surface area contributed by atoms with Crippen LogP contribution < -0.4 is 5.73 Å². The van der Waals surface area contributed by atoms with Crippen LogP contribution in [0.15, 0.2) is 85.1 Å². The first kappa shape index (κ1) is 66.2. The summed E-state index contributed by atoms with van der Waals surface area (Å²) in [6.07, 6.45) is 70.9. The van der Waals surface area contributed by atoms with Gasteiger partial charge in [-0.2, -0.15) is 0 Å². The molecule has 0 radical (unpaired) electrons. The summed E-state index contributed by atoms with van der Waals surface area (Å²) in [6, 6.07) is 0. The molecule has 3 N–H and O–H groups in total. The molecule has 0 spiro atoms. The zero-order valence-electron chi connectivity index (χ0n) is 44.3. The molecule has 0 fully saturated rings. The van der Waals surface area contributed by atoms with Crippen LogP contribution in [-0.2, 0) is 32.7 Å². The van der Waals surface area contributed by atoms with Gasteiger partial charge in [0.1, 0.15) is 6.61 Å². The van der Waals surface area contributed by atoms with Crippen LogP contribution in [0.1, 0.15) is 245 Å². The maximum absolute atomic E-state index is 12.7. The van der Waals surface area contributed by atoms with E-state index in [0.29, 0.717) is 6.42 Å². The highest BCUT2D eigenvalue weighted by Crippen LogP contribution is 2.43. The summed E-state index contributed by atoms with van der Waals surface area (Å²) in [5.74, 6) is -0.836. The molecule has 0 amide bonds. The monoisotopic (exact) mass is 986 g/mol. The standard InChI is InChI=1S/C59H104NO8P/c1-3-5-7-9-11-13-15-16-17-18-19-20-21-22-23-24-25-26-27-28-29-30-31-32-33-34-35-36-37-38-39-40-42-44-46-48-50-52-59(62)68-57(56-67-69(63,64)66-54-53-60)55-65-58(61)51-49-47-45-43-41-14-12-10-8-6-4-2/h5,7,10-13,16-17,19-20,22-23,25-26,57H,3-4,6,8-9,14-15,18,21,24,27-56,60H2,1-2H3,(H,63,64)/b7-5-,12-10-,13-11-,17-16-,20-19-,23-22-,26-25-. The Morgan fingerprint density at radius 1 is 0.449 bits per heavy atom. The summed E-state index contributed by atoms with van der Waals surface area (Å²) in [4.78, 5) is 35.0. The van der Waals surface area contributed by atoms with E-state index < -0.39 is 32.5 Å². The molecule has 398 valence electrons. The fourth-order valence-corrected chi connectivity index (χ4v) is 8.39. The zero-order chi connectivity index (χ0) is 50.2. The smallest absolute Gasteiger partial charge is 0.462 e. The Balaban J connectivity index is 3.83. The zero-order valence-corrected chi connectivity index (χ0v) is 45.2. The molecule has 0 saturated heterocycles. The SMILES string of the molecule is CC/C=C\C/C=C\C/C=C\C/C=C\C/C=C\C/C=C\CCCCCCCCCCCCCCCCCCCCC(=O)OC(COC(=O)CCCCCCC/C=C\CCCC)COP(=O)(O)OCCN. The molecule has 9 nitrogen and oxygen atoms in total. The minimum atomic E-state index is -4.38. The van der Waals surface area contributed by atoms with Crippen molar-refractivity contribution in [1.82, 2.24) is 0 Å². The van der Waals surface area contributed by atoms with Crippen LogP contribution in [-0.4, -0.2) is 49.3 Å². The van der Waals surface area contributed by atoms with Crippen LogP contribution in [0.3, 0.4) is 0 Å². The number of hydrogen-bond acceptors (Lipinski definition) is 8. The van der Waals surface area contributed by atoms with Crippen LogP contribution >= 0.6 is 7.82 Å². The average molecular weight is 986 g/mol. The molecule has 10 heteroatoms. The molecule has 0 saturated carbocycles. The number of unbranched alkanes of at least 4 members (excludes halogenated alkanes) is 25. The number of nitrogens with two attached hydrogens (primary N) is 1. The summed E-state index contributed by atoms with van der Waals surface area (Å²) < 4.78 is 32.9. The molecule has 0 aromatic heterocycles. The van der Waals surface area contributed by atoms with Crippen LogP contribution in [0.25, 0.3) is 0 Å². The molecule has 0 aliphatic heterocycles. The number of allylic oxidation sites excluding steroid dienone is 14. The quantitative estimate of drug-likeness (QED) is 0.0264. The summed E-state index contributed by atoms with van der Waals surface area (Å²) in [5, 5.41) is 0. The number of phosphoric acid groups is 1. The molecular formula is C59H104NO8P. The van der Waals surface area contributed by atoms with Gasteiger partial charge in [-0.1, -0.05) is 234 Å². The predicted octanol–water partition coefficient (Wildman–Crippen LogP) is 17.5. The molecule has 0 aliphatic rings. The minimum absolute atomic E-state index is 0.0510. The van der Waals surface area contributed by atoms with Crippen molar-refractivity contribution in [3.8, 4) is 0 Å². The molecule has 2 unspecified atom stereocenters. The van der Waals surface area contributed by atoms with Crippen molar-refractivity contribution >= 4 is 19.8 Å². The summed E-state index contributed by atoms with van der Waals surface area (Å²) in [5.41, 5.74) is 5.36. The van der Waals surface area contributed by atoms with Gasteiger partial charge in [0, 0.05) is 19.4 Å². The number of carbonyl (C=O) groups excluding carboxylic acids is 2. The molecule has 0 heterocycles. The molecular weight excluding hydrogens is 882 g/mol. The van der Waals surface area contributed by atoms with E-state index in [0.717, 1.165) is 103 Å². The molecule has 69 heavy (non-hydrogen) atoms. The molecule has 0 aromatic carbocycles. The summed E-state index contributed by atoms with van der Waals surface area (Å²) in [7, 11) is -4.38. The third-order valence-electron chi connectivity index (χ3n) is 11.8. The number of hydrogen-bond donors (Lipinski definition) is 2. The van der Waals surface area contributed by atoms with E-state index in [9.17, 15) is 19.0 Å². The first-order valence-electron chi connectivity index (χ1n) is 28.1. The van der Waals surface area contributed by atoms with Crippen molar-refractivity contribution in [3.05, 3.63) is 85.1 Å². The van der Waals surface area contributed by atoms with Crippen molar-refractivity contribution in [2.45, 2.75) is 251 Å². The number of esters is 2. The summed E-state index contributed by atoms with van der Waals surface area (Å²) in [6.45, 7) is 3.58. The van der Waals surface area contributed by atoms with Crippen LogP contribution in [0.4, 0.5) is 0 Å². The Labute approximate surface area is 424 Å². The number of carbonyl (C=O) groups is 2.